The monoisotopic (exact) mass is 966 g/mol. The molecular formula is C31H42N12O16S4. The zero-order valence-electron chi connectivity index (χ0n) is 32.8. The van der Waals surface area contributed by atoms with Gasteiger partial charge in [0.1, 0.15) is 9.79 Å². The van der Waals surface area contributed by atoms with E-state index in [-0.39, 0.29) is 84.4 Å². The van der Waals surface area contributed by atoms with Crippen molar-refractivity contribution in [3.05, 3.63) is 47.5 Å². The molecule has 0 spiro atoms. The van der Waals surface area contributed by atoms with Crippen molar-refractivity contribution in [1.29, 1.82) is 0 Å². The van der Waals surface area contributed by atoms with Gasteiger partial charge in [-0.1, -0.05) is 24.3 Å². The number of rotatable bonds is 23. The highest BCUT2D eigenvalue weighted by molar-refractivity contribution is 7.86. The number of anilines is 8. The van der Waals surface area contributed by atoms with E-state index in [1.807, 2.05) is 0 Å². The fraction of sp³-hybridized carbons (Fsp3) is 0.355. The smallest absolute Gasteiger partial charge is 0.295 e. The Kier molecular flexibility index (Phi) is 16.5. The van der Waals surface area contributed by atoms with Crippen LogP contribution in [-0.4, -0.2) is 166 Å². The summed E-state index contributed by atoms with van der Waals surface area (Å²) in [5.41, 5.74) is -0.497. The fourth-order valence-electron chi connectivity index (χ4n) is 5.01. The predicted molar refractivity (Wildman–Crippen MR) is 225 cm³/mol. The normalized spacial score (nSPS) is 12.9. The molecule has 12 N–H and O–H groups in total. The van der Waals surface area contributed by atoms with Gasteiger partial charge in [-0.05, 0) is 42.3 Å². The second kappa shape index (κ2) is 20.8. The van der Waals surface area contributed by atoms with Crippen LogP contribution in [0.4, 0.5) is 47.1 Å². The number of nitrogens with one attached hydrogen (secondary N) is 4. The van der Waals surface area contributed by atoms with Gasteiger partial charge in [0.15, 0.2) is 0 Å². The summed E-state index contributed by atoms with van der Waals surface area (Å²) in [6, 6.07) is 6.88. The van der Waals surface area contributed by atoms with Crippen LogP contribution in [0.3, 0.4) is 0 Å². The minimum absolute atomic E-state index is 0.0404. The summed E-state index contributed by atoms with van der Waals surface area (Å²) in [6.07, 6.45) is -1.12. The van der Waals surface area contributed by atoms with Crippen molar-refractivity contribution < 1.29 is 72.3 Å². The van der Waals surface area contributed by atoms with Gasteiger partial charge >= 0.3 is 0 Å². The molecular weight excluding hydrogens is 925 g/mol. The first kappa shape index (κ1) is 50.1. The van der Waals surface area contributed by atoms with Crippen LogP contribution in [0, 0.1) is 0 Å². The van der Waals surface area contributed by atoms with Gasteiger partial charge in [0.25, 0.3) is 40.5 Å². The maximum Gasteiger partial charge on any atom is 0.295 e. The van der Waals surface area contributed by atoms with E-state index in [9.17, 15) is 62.6 Å². The molecule has 1 atom stereocenters. The van der Waals surface area contributed by atoms with Crippen LogP contribution in [0.2, 0.25) is 0 Å². The Morgan fingerprint density at radius 1 is 0.651 bits per heavy atom. The Morgan fingerprint density at radius 3 is 1.59 bits per heavy atom. The molecule has 2 heterocycles. The lowest BCUT2D eigenvalue weighted by Crippen LogP contribution is -2.37. The second-order valence-corrected chi connectivity index (χ2v) is 18.8. The Bertz CT molecular complexity index is 2750. The van der Waals surface area contributed by atoms with Gasteiger partial charge in [-0.15, -0.1) is 0 Å². The van der Waals surface area contributed by atoms with E-state index in [0.29, 0.717) is 0 Å². The second-order valence-electron chi connectivity index (χ2n) is 12.9. The van der Waals surface area contributed by atoms with Gasteiger partial charge < -0.3 is 46.6 Å². The van der Waals surface area contributed by atoms with Crippen LogP contribution >= 0.6 is 0 Å². The van der Waals surface area contributed by atoms with E-state index in [1.165, 1.54) is 43.1 Å². The summed E-state index contributed by atoms with van der Waals surface area (Å²) in [7, 11) is -17.4. The molecule has 0 fully saturated rings. The Labute approximate surface area is 359 Å². The van der Waals surface area contributed by atoms with Crippen LogP contribution < -0.4 is 31.1 Å². The minimum Gasteiger partial charge on any atom is -0.394 e. The first-order valence-electron chi connectivity index (χ1n) is 17.7. The largest absolute Gasteiger partial charge is 0.394 e. The third kappa shape index (κ3) is 15.7. The van der Waals surface area contributed by atoms with E-state index in [0.717, 1.165) is 29.2 Å². The predicted octanol–water partition coefficient (Wildman–Crippen LogP) is -1.31. The zero-order chi connectivity index (χ0) is 46.9. The summed E-state index contributed by atoms with van der Waals surface area (Å²) >= 11 is 0. The molecule has 0 amide bonds. The van der Waals surface area contributed by atoms with E-state index in [2.05, 4.69) is 51.2 Å². The lowest BCUT2D eigenvalue weighted by Gasteiger charge is -2.24. The van der Waals surface area contributed by atoms with Crippen molar-refractivity contribution in [2.45, 2.75) is 29.2 Å². The molecule has 2 aromatic carbocycles. The molecule has 0 radical (unpaired) electrons. The van der Waals surface area contributed by atoms with Crippen molar-refractivity contribution in [2.24, 2.45) is 0 Å². The molecule has 63 heavy (non-hydrogen) atoms. The summed E-state index contributed by atoms with van der Waals surface area (Å²) in [5.74, 6) is -3.02. The third-order valence-corrected chi connectivity index (χ3v) is 11.3. The highest BCUT2D eigenvalue weighted by atomic mass is 32.2. The lowest BCUT2D eigenvalue weighted by atomic mass is 10.1. The summed E-state index contributed by atoms with van der Waals surface area (Å²) in [6.45, 7) is -0.0397. The number of aliphatic hydroxyl groups is 4. The quantitative estimate of drug-likeness (QED) is 0.0233. The van der Waals surface area contributed by atoms with Crippen molar-refractivity contribution in [3.63, 3.8) is 0 Å². The van der Waals surface area contributed by atoms with Crippen molar-refractivity contribution >= 4 is 99.7 Å². The van der Waals surface area contributed by atoms with Gasteiger partial charge in [0.2, 0.25) is 42.1 Å². The van der Waals surface area contributed by atoms with Gasteiger partial charge in [0, 0.05) is 44.6 Å². The molecule has 0 bridgehead atoms. The van der Waals surface area contributed by atoms with E-state index in [1.54, 1.807) is 0 Å². The van der Waals surface area contributed by atoms with E-state index < -0.39 is 80.9 Å². The standard InChI is InChI=1S/C31H42N12O16S4/c1-3-43(31(46)47)30-40-28(39-29(41-30)42(2)11-13-61(51,52)53)35-21-9-7-19(24(15-21)63(57,58)59)5-4-18-6-8-20(14-23(18)62(54,55)56)34-27-37-25(32-10-12-60(48,49)50)36-26(38-27)33-16-22(45)17-44/h4-9,14-15,22,31,44-47H,3,10-13,16-17H2,1-2H3,(H,48,49,50)(H,51,52,53)(H,54,55,56)(H,57,58,59)(H,35,39,40,41)(H3,32,33,34,36,37,38). The summed E-state index contributed by atoms with van der Waals surface area (Å²) < 4.78 is 134. The van der Waals surface area contributed by atoms with Gasteiger partial charge in [-0.3, -0.25) is 23.1 Å². The summed E-state index contributed by atoms with van der Waals surface area (Å²) in [5, 5.41) is 49.1. The van der Waals surface area contributed by atoms with Crippen LogP contribution in [0.5, 0.6) is 0 Å². The number of aromatic nitrogens is 6. The number of nitrogens with zero attached hydrogens (tertiary/aromatic N) is 8. The third-order valence-electron chi connectivity index (χ3n) is 8.04. The average molecular weight is 967 g/mol. The first-order chi connectivity index (χ1) is 29.2. The maximum atomic E-state index is 12.6. The SMILES string of the molecule is CCN(c1nc(Nc2ccc(C=Cc3ccc(Nc4nc(NCCS(=O)(=O)O)nc(NCC(O)CO)n4)cc3S(=O)(=O)O)c(S(=O)(=O)O)c2)nc(N(C)CCS(=O)(=O)O)n1)C(O)O. The van der Waals surface area contributed by atoms with Crippen molar-refractivity contribution in [2.75, 3.05) is 82.4 Å². The maximum absolute atomic E-state index is 12.6. The molecule has 28 nitrogen and oxygen atoms in total. The molecule has 0 aliphatic rings. The molecule has 4 rings (SSSR count). The molecule has 1 unspecified atom stereocenters. The van der Waals surface area contributed by atoms with Crippen LogP contribution in [-0.2, 0) is 40.5 Å². The van der Waals surface area contributed by atoms with Gasteiger partial charge in [0.05, 0.1) is 24.2 Å². The molecule has 2 aromatic heterocycles. The fourth-order valence-corrected chi connectivity index (χ4v) is 7.29. The van der Waals surface area contributed by atoms with Crippen LogP contribution in [0.1, 0.15) is 18.1 Å². The van der Waals surface area contributed by atoms with E-state index in [4.69, 9.17) is 9.66 Å². The molecule has 0 saturated heterocycles. The number of hydrogen-bond donors (Lipinski definition) is 12. The number of benzene rings is 2. The van der Waals surface area contributed by atoms with Crippen LogP contribution in [0.25, 0.3) is 12.2 Å². The first-order valence-corrected chi connectivity index (χ1v) is 23.8. The average Bonchev–Trinajstić information content (AvgIpc) is 3.17. The van der Waals surface area contributed by atoms with Crippen molar-refractivity contribution in [3.8, 4) is 0 Å². The Morgan fingerprint density at radius 2 is 1.13 bits per heavy atom. The number of hydrogen-bond acceptors (Lipinski definition) is 24. The van der Waals surface area contributed by atoms with Gasteiger partial charge in [-0.2, -0.15) is 63.6 Å². The molecule has 0 aliphatic heterocycles. The Balaban J connectivity index is 1.68. The highest BCUT2D eigenvalue weighted by Gasteiger charge is 2.22. The zero-order valence-corrected chi connectivity index (χ0v) is 36.0. The molecule has 0 aliphatic carbocycles. The molecule has 32 heteroatoms. The molecule has 0 saturated carbocycles. The molecule has 346 valence electrons. The van der Waals surface area contributed by atoms with Gasteiger partial charge in [-0.25, -0.2) is 0 Å². The lowest BCUT2D eigenvalue weighted by molar-refractivity contribution is -0.0411. The molecule has 4 aromatic rings. The van der Waals surface area contributed by atoms with E-state index >= 15 is 0 Å². The Hall–Kier alpha value is -5.52. The van der Waals surface area contributed by atoms with Crippen molar-refractivity contribution in [1.82, 2.24) is 29.9 Å². The number of aliphatic hydroxyl groups excluding tert-OH is 3. The van der Waals surface area contributed by atoms with Crippen LogP contribution in [0.15, 0.2) is 46.2 Å². The highest BCUT2D eigenvalue weighted by Crippen LogP contribution is 2.29. The topological polar surface area (TPSA) is 430 Å². The summed E-state index contributed by atoms with van der Waals surface area (Å²) in [4.78, 5) is 25.2. The minimum atomic E-state index is -5.03.